The third kappa shape index (κ3) is 2.78. The number of hydrogen-bond donors (Lipinski definition) is 1. The van der Waals surface area contributed by atoms with Crippen LogP contribution in [0, 0.1) is 23.6 Å². The fraction of sp³-hybridized carbons (Fsp3) is 0.571. The molecule has 1 N–H and O–H groups in total. The Hall–Kier alpha value is -0.460. The second-order valence-electron chi connectivity index (χ2n) is 5.86. The third-order valence-corrected chi connectivity index (χ3v) is 7.00. The van der Waals surface area contributed by atoms with Crippen molar-refractivity contribution in [3.05, 3.63) is 28.5 Å². The predicted molar refractivity (Wildman–Crippen MR) is 78.2 cm³/mol. The van der Waals surface area contributed by atoms with Crippen LogP contribution < -0.4 is 4.72 Å². The summed E-state index contributed by atoms with van der Waals surface area (Å²) in [5.41, 5.74) is 0. The van der Waals surface area contributed by atoms with Gasteiger partial charge in [0, 0.05) is 11.0 Å². The maximum absolute atomic E-state index is 13.0. The van der Waals surface area contributed by atoms with E-state index in [4.69, 9.17) is 0 Å². The maximum atomic E-state index is 13.0. The van der Waals surface area contributed by atoms with E-state index in [-0.39, 0.29) is 9.37 Å². The molecule has 0 saturated heterocycles. The van der Waals surface area contributed by atoms with E-state index in [9.17, 15) is 12.8 Å². The van der Waals surface area contributed by atoms with E-state index in [1.54, 1.807) is 0 Å². The van der Waals surface area contributed by atoms with Gasteiger partial charge in [-0.05, 0) is 71.1 Å². The lowest BCUT2D eigenvalue weighted by molar-refractivity contribution is 0.333. The SMILES string of the molecule is O=S(=O)(NCC1CC2CCC1C2)c1ccc(F)cc1Br. The Morgan fingerprint density at radius 1 is 1.30 bits per heavy atom. The van der Waals surface area contributed by atoms with Gasteiger partial charge in [-0.15, -0.1) is 0 Å². The van der Waals surface area contributed by atoms with Gasteiger partial charge >= 0.3 is 0 Å². The Morgan fingerprint density at radius 3 is 2.70 bits per heavy atom. The Morgan fingerprint density at radius 2 is 2.10 bits per heavy atom. The van der Waals surface area contributed by atoms with Gasteiger partial charge in [-0.3, -0.25) is 0 Å². The summed E-state index contributed by atoms with van der Waals surface area (Å²) in [7, 11) is -3.58. The Labute approximate surface area is 127 Å². The highest BCUT2D eigenvalue weighted by Gasteiger charge is 2.39. The largest absolute Gasteiger partial charge is 0.241 e. The number of sulfonamides is 1. The Balaban J connectivity index is 1.69. The van der Waals surface area contributed by atoms with Crippen LogP contribution in [0.15, 0.2) is 27.6 Å². The molecule has 0 radical (unpaired) electrons. The lowest BCUT2D eigenvalue weighted by Gasteiger charge is -2.21. The van der Waals surface area contributed by atoms with Crippen LogP contribution in [-0.2, 0) is 10.0 Å². The second kappa shape index (κ2) is 5.39. The first kappa shape index (κ1) is 14.5. The van der Waals surface area contributed by atoms with Gasteiger partial charge in [0.05, 0.1) is 4.90 Å². The average Bonchev–Trinajstić information content (AvgIpc) is 2.98. The minimum Gasteiger partial charge on any atom is -0.211 e. The lowest BCUT2D eigenvalue weighted by atomic mass is 9.89. The number of benzene rings is 1. The van der Waals surface area contributed by atoms with Crippen molar-refractivity contribution >= 4 is 26.0 Å². The van der Waals surface area contributed by atoms with E-state index in [1.165, 1.54) is 31.4 Å². The van der Waals surface area contributed by atoms with Crippen LogP contribution in [0.4, 0.5) is 4.39 Å². The molecule has 2 bridgehead atoms. The summed E-state index contributed by atoms with van der Waals surface area (Å²) >= 11 is 3.11. The molecule has 0 spiro atoms. The van der Waals surface area contributed by atoms with Crippen molar-refractivity contribution in [2.45, 2.75) is 30.6 Å². The van der Waals surface area contributed by atoms with Crippen molar-refractivity contribution in [3.63, 3.8) is 0 Å². The van der Waals surface area contributed by atoms with Crippen molar-refractivity contribution in [2.75, 3.05) is 6.54 Å². The molecule has 110 valence electrons. The molecule has 2 saturated carbocycles. The molecule has 3 rings (SSSR count). The van der Waals surface area contributed by atoms with Gasteiger partial charge in [0.25, 0.3) is 0 Å². The molecule has 2 fully saturated rings. The summed E-state index contributed by atoms with van der Waals surface area (Å²) in [4.78, 5) is 0.0991. The number of nitrogens with one attached hydrogen (secondary N) is 1. The van der Waals surface area contributed by atoms with Crippen LogP contribution in [0.1, 0.15) is 25.7 Å². The van der Waals surface area contributed by atoms with Crippen molar-refractivity contribution in [1.29, 1.82) is 0 Å². The molecular formula is C14H17BrFNO2S. The zero-order valence-corrected chi connectivity index (χ0v) is 13.4. The zero-order valence-electron chi connectivity index (χ0n) is 11.0. The van der Waals surface area contributed by atoms with Gasteiger partial charge in [-0.1, -0.05) is 6.42 Å². The highest BCUT2D eigenvalue weighted by molar-refractivity contribution is 9.10. The van der Waals surface area contributed by atoms with E-state index in [0.717, 1.165) is 18.4 Å². The summed E-state index contributed by atoms with van der Waals surface area (Å²) in [6, 6.07) is 3.63. The first-order valence-electron chi connectivity index (χ1n) is 6.90. The van der Waals surface area contributed by atoms with Crippen molar-refractivity contribution < 1.29 is 12.8 Å². The molecule has 3 nitrogen and oxygen atoms in total. The molecule has 3 atom stereocenters. The molecule has 2 aliphatic rings. The average molecular weight is 362 g/mol. The minimum atomic E-state index is -3.58. The predicted octanol–water partition coefficient (Wildman–Crippen LogP) is 3.30. The highest BCUT2D eigenvalue weighted by atomic mass is 79.9. The van der Waals surface area contributed by atoms with Gasteiger partial charge < -0.3 is 0 Å². The van der Waals surface area contributed by atoms with E-state index < -0.39 is 15.8 Å². The number of fused-ring (bicyclic) bond motifs is 2. The maximum Gasteiger partial charge on any atom is 0.241 e. The van der Waals surface area contributed by atoms with Gasteiger partial charge in [0.2, 0.25) is 10.0 Å². The summed E-state index contributed by atoms with van der Waals surface area (Å²) in [6.07, 6.45) is 4.93. The molecular weight excluding hydrogens is 345 g/mol. The smallest absolute Gasteiger partial charge is 0.211 e. The quantitative estimate of drug-likeness (QED) is 0.893. The van der Waals surface area contributed by atoms with E-state index >= 15 is 0 Å². The van der Waals surface area contributed by atoms with Crippen LogP contribution >= 0.6 is 15.9 Å². The molecule has 0 heterocycles. The fourth-order valence-corrected chi connectivity index (χ4v) is 5.76. The summed E-state index contributed by atoms with van der Waals surface area (Å²) in [6.45, 7) is 0.493. The molecule has 1 aromatic carbocycles. The summed E-state index contributed by atoms with van der Waals surface area (Å²) in [5.74, 6) is 1.48. The monoisotopic (exact) mass is 361 g/mol. The Kier molecular flexibility index (Phi) is 3.90. The minimum absolute atomic E-state index is 0.0991. The summed E-state index contributed by atoms with van der Waals surface area (Å²) < 4.78 is 40.5. The second-order valence-corrected chi connectivity index (χ2v) is 8.45. The first-order chi connectivity index (χ1) is 9.45. The van der Waals surface area contributed by atoms with Gasteiger partial charge in [0.15, 0.2) is 0 Å². The molecule has 2 aliphatic carbocycles. The van der Waals surface area contributed by atoms with E-state index in [1.807, 2.05) is 0 Å². The lowest BCUT2D eigenvalue weighted by Crippen LogP contribution is -2.31. The Bertz CT molecular complexity index is 620. The van der Waals surface area contributed by atoms with E-state index in [0.29, 0.717) is 18.4 Å². The molecule has 3 unspecified atom stereocenters. The molecule has 20 heavy (non-hydrogen) atoms. The van der Waals surface area contributed by atoms with Crippen molar-refractivity contribution in [2.24, 2.45) is 17.8 Å². The fourth-order valence-electron chi connectivity index (χ4n) is 3.61. The zero-order chi connectivity index (χ0) is 14.3. The van der Waals surface area contributed by atoms with Crippen LogP contribution in [-0.4, -0.2) is 15.0 Å². The van der Waals surface area contributed by atoms with Gasteiger partial charge in [-0.2, -0.15) is 0 Å². The first-order valence-corrected chi connectivity index (χ1v) is 9.18. The molecule has 0 amide bonds. The van der Waals surface area contributed by atoms with Crippen LogP contribution in [0.25, 0.3) is 0 Å². The van der Waals surface area contributed by atoms with Crippen LogP contribution in [0.3, 0.4) is 0 Å². The number of halogens is 2. The molecule has 0 aliphatic heterocycles. The third-order valence-electron chi connectivity index (χ3n) is 4.60. The topological polar surface area (TPSA) is 46.2 Å². The van der Waals surface area contributed by atoms with Crippen molar-refractivity contribution in [1.82, 2.24) is 4.72 Å². The van der Waals surface area contributed by atoms with Crippen molar-refractivity contribution in [3.8, 4) is 0 Å². The normalized spacial score (nSPS) is 29.0. The number of rotatable bonds is 4. The summed E-state index contributed by atoms with van der Waals surface area (Å²) in [5, 5.41) is 0. The van der Waals surface area contributed by atoms with Crippen LogP contribution in [0.2, 0.25) is 0 Å². The van der Waals surface area contributed by atoms with Gasteiger partial charge in [0.1, 0.15) is 5.82 Å². The van der Waals surface area contributed by atoms with E-state index in [2.05, 4.69) is 20.7 Å². The van der Waals surface area contributed by atoms with Crippen LogP contribution in [0.5, 0.6) is 0 Å². The standard InChI is InChI=1S/C14H17BrFNO2S/c15-13-7-12(16)3-4-14(13)20(18,19)17-8-11-6-9-1-2-10(11)5-9/h3-4,7,9-11,17H,1-2,5-6,8H2. The van der Waals surface area contributed by atoms with Gasteiger partial charge in [-0.25, -0.2) is 17.5 Å². The molecule has 0 aromatic heterocycles. The highest BCUT2D eigenvalue weighted by Crippen LogP contribution is 2.48. The molecule has 6 heteroatoms. The molecule has 1 aromatic rings. The number of hydrogen-bond acceptors (Lipinski definition) is 2.